The summed E-state index contributed by atoms with van der Waals surface area (Å²) < 4.78 is 1.15. The Labute approximate surface area is 149 Å². The van der Waals surface area contributed by atoms with Crippen molar-refractivity contribution in [1.29, 1.82) is 0 Å². The monoisotopic (exact) mass is 353 g/mol. The average Bonchev–Trinajstić information content (AvgIpc) is 3.03. The lowest BCUT2D eigenvalue weighted by Gasteiger charge is -2.15. The third kappa shape index (κ3) is 4.42. The Bertz CT molecular complexity index is 844. The first-order chi connectivity index (χ1) is 12.1. The number of benzene rings is 2. The Morgan fingerprint density at radius 2 is 1.80 bits per heavy atom. The quantitative estimate of drug-likeness (QED) is 0.685. The number of nitrogens with two attached hydrogens (primary N) is 1. The van der Waals surface area contributed by atoms with E-state index in [1.807, 2.05) is 42.5 Å². The number of fused-ring (bicyclic) bond motifs is 1. The Morgan fingerprint density at radius 3 is 2.52 bits per heavy atom. The van der Waals surface area contributed by atoms with Crippen LogP contribution in [0.1, 0.15) is 29.5 Å². The van der Waals surface area contributed by atoms with Gasteiger partial charge >= 0.3 is 0 Å². The first-order valence-corrected chi connectivity index (χ1v) is 8.93. The second kappa shape index (κ2) is 7.90. The predicted octanol–water partition coefficient (Wildman–Crippen LogP) is 2.96. The van der Waals surface area contributed by atoms with Gasteiger partial charge in [-0.1, -0.05) is 42.5 Å². The van der Waals surface area contributed by atoms with Gasteiger partial charge in [-0.15, -0.1) is 11.3 Å². The zero-order valence-electron chi connectivity index (χ0n) is 13.6. The summed E-state index contributed by atoms with van der Waals surface area (Å²) in [6.07, 6.45) is 1.73. The van der Waals surface area contributed by atoms with Crippen LogP contribution in [0.2, 0.25) is 0 Å². The van der Waals surface area contributed by atoms with Crippen molar-refractivity contribution in [3.05, 3.63) is 65.2 Å². The number of hydrogen-bond donors (Lipinski definition) is 2. The van der Waals surface area contributed by atoms with E-state index in [0.29, 0.717) is 18.4 Å². The summed E-state index contributed by atoms with van der Waals surface area (Å²) in [6, 6.07) is 16.2. The molecule has 0 fully saturated rings. The number of thiazole rings is 1. The van der Waals surface area contributed by atoms with E-state index < -0.39 is 11.9 Å². The summed E-state index contributed by atoms with van der Waals surface area (Å²) >= 11 is 1.65. The number of hydrogen-bond acceptors (Lipinski definition) is 4. The van der Waals surface area contributed by atoms with Crippen molar-refractivity contribution in [2.24, 2.45) is 5.73 Å². The highest BCUT2D eigenvalue weighted by Gasteiger charge is 2.19. The number of rotatable bonds is 7. The molecule has 1 unspecified atom stereocenters. The number of aryl methyl sites for hydroxylation is 1. The molecule has 2 aromatic carbocycles. The lowest BCUT2D eigenvalue weighted by Crippen LogP contribution is -2.37. The van der Waals surface area contributed by atoms with Crippen LogP contribution in [-0.4, -0.2) is 16.8 Å². The second-order valence-electron chi connectivity index (χ2n) is 5.74. The van der Waals surface area contributed by atoms with E-state index in [9.17, 15) is 9.59 Å². The molecule has 2 amide bonds. The highest BCUT2D eigenvalue weighted by molar-refractivity contribution is 7.18. The molecule has 5 nitrogen and oxygen atoms in total. The van der Waals surface area contributed by atoms with Gasteiger partial charge in [-0.05, 0) is 30.5 Å². The predicted molar refractivity (Wildman–Crippen MR) is 99.1 cm³/mol. The first-order valence-electron chi connectivity index (χ1n) is 8.11. The Hall–Kier alpha value is -2.73. The number of carbonyl (C=O) groups is 2. The average molecular weight is 353 g/mol. The minimum absolute atomic E-state index is 0.186. The van der Waals surface area contributed by atoms with Crippen LogP contribution in [0, 0.1) is 0 Å². The van der Waals surface area contributed by atoms with E-state index in [1.165, 1.54) is 0 Å². The van der Waals surface area contributed by atoms with Crippen LogP contribution in [-0.2, 0) is 16.0 Å². The number of amides is 2. The molecule has 3 N–H and O–H groups in total. The third-order valence-electron chi connectivity index (χ3n) is 3.86. The second-order valence-corrected chi connectivity index (χ2v) is 6.86. The van der Waals surface area contributed by atoms with Crippen molar-refractivity contribution < 1.29 is 9.59 Å². The van der Waals surface area contributed by atoms with Crippen LogP contribution in [0.5, 0.6) is 0 Å². The molecule has 128 valence electrons. The summed E-state index contributed by atoms with van der Waals surface area (Å²) in [5, 5.41) is 3.73. The Balaban J connectivity index is 1.54. The number of nitrogens with one attached hydrogen (secondary N) is 1. The number of aromatic nitrogens is 1. The minimum atomic E-state index is -0.795. The van der Waals surface area contributed by atoms with Crippen molar-refractivity contribution in [3.63, 3.8) is 0 Å². The molecule has 6 heteroatoms. The van der Waals surface area contributed by atoms with Crippen LogP contribution in [0.25, 0.3) is 10.2 Å². The van der Waals surface area contributed by atoms with Gasteiger partial charge in [0.1, 0.15) is 6.04 Å². The molecule has 0 spiro atoms. The standard InChI is InChI=1S/C19H19N3O2S/c20-19(24)18(13-7-2-1-3-8-13)22-16(23)11-6-12-17-21-14-9-4-5-10-15(14)25-17/h1-5,7-10,18H,6,11-12H2,(H2,20,24)(H,22,23). The molecular formula is C19H19N3O2S. The van der Waals surface area contributed by atoms with Gasteiger partial charge in [-0.2, -0.15) is 0 Å². The van der Waals surface area contributed by atoms with Gasteiger partial charge in [0.05, 0.1) is 15.2 Å². The molecular weight excluding hydrogens is 334 g/mol. The zero-order chi connectivity index (χ0) is 17.6. The lowest BCUT2D eigenvalue weighted by atomic mass is 10.1. The summed E-state index contributed by atoms with van der Waals surface area (Å²) in [5.41, 5.74) is 7.10. The first kappa shape index (κ1) is 17.1. The summed E-state index contributed by atoms with van der Waals surface area (Å²) in [6.45, 7) is 0. The normalized spacial score (nSPS) is 12.0. The molecule has 1 atom stereocenters. The van der Waals surface area contributed by atoms with Crippen molar-refractivity contribution in [3.8, 4) is 0 Å². The topological polar surface area (TPSA) is 85.1 Å². The van der Waals surface area contributed by atoms with Gasteiger partial charge < -0.3 is 11.1 Å². The summed E-state index contributed by atoms with van der Waals surface area (Å²) in [7, 11) is 0. The van der Waals surface area contributed by atoms with Crippen LogP contribution >= 0.6 is 11.3 Å². The third-order valence-corrected chi connectivity index (χ3v) is 4.95. The number of para-hydroxylation sites is 1. The number of nitrogens with zero attached hydrogens (tertiary/aromatic N) is 1. The van der Waals surface area contributed by atoms with Crippen molar-refractivity contribution >= 4 is 33.4 Å². The van der Waals surface area contributed by atoms with E-state index in [4.69, 9.17) is 5.73 Å². The largest absolute Gasteiger partial charge is 0.368 e. The molecule has 0 aliphatic heterocycles. The van der Waals surface area contributed by atoms with Gasteiger partial charge in [-0.25, -0.2) is 4.98 Å². The van der Waals surface area contributed by atoms with Crippen LogP contribution in [0.3, 0.4) is 0 Å². The molecule has 0 aliphatic rings. The smallest absolute Gasteiger partial charge is 0.244 e. The SMILES string of the molecule is NC(=O)C(NC(=O)CCCc1nc2ccccc2s1)c1ccccc1. The Kier molecular flexibility index (Phi) is 5.40. The molecule has 3 aromatic rings. The fourth-order valence-electron chi connectivity index (χ4n) is 2.62. The molecule has 0 bridgehead atoms. The molecule has 0 aliphatic carbocycles. The highest BCUT2D eigenvalue weighted by Crippen LogP contribution is 2.22. The van der Waals surface area contributed by atoms with E-state index in [2.05, 4.69) is 10.3 Å². The Morgan fingerprint density at radius 1 is 1.08 bits per heavy atom. The van der Waals surface area contributed by atoms with Gasteiger partial charge in [0.2, 0.25) is 11.8 Å². The van der Waals surface area contributed by atoms with Gasteiger partial charge in [-0.3, -0.25) is 9.59 Å². The molecule has 1 heterocycles. The molecule has 0 saturated heterocycles. The number of carbonyl (C=O) groups excluding carboxylic acids is 2. The lowest BCUT2D eigenvalue weighted by molar-refractivity contribution is -0.127. The maximum Gasteiger partial charge on any atom is 0.244 e. The molecule has 1 aromatic heterocycles. The van der Waals surface area contributed by atoms with Crippen molar-refractivity contribution in [1.82, 2.24) is 10.3 Å². The van der Waals surface area contributed by atoms with Crippen LogP contribution < -0.4 is 11.1 Å². The zero-order valence-corrected chi connectivity index (χ0v) is 14.5. The van der Waals surface area contributed by atoms with Crippen molar-refractivity contribution in [2.75, 3.05) is 0 Å². The fraction of sp³-hybridized carbons (Fsp3) is 0.211. The summed E-state index contributed by atoms with van der Waals surface area (Å²) in [5.74, 6) is -0.750. The van der Waals surface area contributed by atoms with Gasteiger partial charge in [0.15, 0.2) is 0 Å². The molecule has 0 radical (unpaired) electrons. The van der Waals surface area contributed by atoms with Gasteiger partial charge in [0, 0.05) is 6.42 Å². The maximum atomic E-state index is 12.2. The number of primary amides is 1. The molecule has 25 heavy (non-hydrogen) atoms. The van der Waals surface area contributed by atoms with Crippen LogP contribution in [0.4, 0.5) is 0 Å². The molecule has 3 rings (SSSR count). The van der Waals surface area contributed by atoms with Gasteiger partial charge in [0.25, 0.3) is 0 Å². The van der Waals surface area contributed by atoms with Crippen LogP contribution in [0.15, 0.2) is 54.6 Å². The van der Waals surface area contributed by atoms with E-state index in [1.54, 1.807) is 23.5 Å². The van der Waals surface area contributed by atoms with E-state index in [-0.39, 0.29) is 5.91 Å². The fourth-order valence-corrected chi connectivity index (χ4v) is 3.63. The van der Waals surface area contributed by atoms with Crippen molar-refractivity contribution in [2.45, 2.75) is 25.3 Å². The maximum absolute atomic E-state index is 12.2. The van der Waals surface area contributed by atoms with E-state index in [0.717, 1.165) is 21.6 Å². The molecule has 0 saturated carbocycles. The summed E-state index contributed by atoms with van der Waals surface area (Å²) in [4.78, 5) is 28.3. The highest BCUT2D eigenvalue weighted by atomic mass is 32.1. The minimum Gasteiger partial charge on any atom is -0.368 e. The van der Waals surface area contributed by atoms with E-state index >= 15 is 0 Å².